The summed E-state index contributed by atoms with van der Waals surface area (Å²) in [7, 11) is -3.96. The Kier molecular flexibility index (Phi) is 6.24. The lowest BCUT2D eigenvalue weighted by Gasteiger charge is -2.29. The van der Waals surface area contributed by atoms with Gasteiger partial charge in [-0.15, -0.1) is 0 Å². The van der Waals surface area contributed by atoms with Crippen LogP contribution >= 0.6 is 0 Å². The number of amides is 2. The van der Waals surface area contributed by atoms with Crippen LogP contribution in [0.2, 0.25) is 0 Å². The molecule has 0 spiro atoms. The van der Waals surface area contributed by atoms with Crippen LogP contribution in [0.1, 0.15) is 31.1 Å². The Morgan fingerprint density at radius 3 is 2.53 bits per heavy atom. The van der Waals surface area contributed by atoms with Crippen LogP contribution in [0.4, 0.5) is 17.1 Å². The van der Waals surface area contributed by atoms with Gasteiger partial charge in [0.15, 0.2) is 12.4 Å². The van der Waals surface area contributed by atoms with Gasteiger partial charge in [0.2, 0.25) is 11.8 Å². The Labute approximate surface area is 196 Å². The highest BCUT2D eigenvalue weighted by Crippen LogP contribution is 2.37. The van der Waals surface area contributed by atoms with E-state index in [2.05, 4.69) is 20.2 Å². The molecule has 0 saturated heterocycles. The molecule has 1 aliphatic heterocycles. The van der Waals surface area contributed by atoms with Crippen molar-refractivity contribution in [2.75, 3.05) is 21.5 Å². The number of rotatable bonds is 7. The van der Waals surface area contributed by atoms with Gasteiger partial charge >= 0.3 is 0 Å². The topological polar surface area (TPSA) is 144 Å². The normalized spacial score (nSPS) is 13.3. The number of fused-ring (bicyclic) bond motifs is 1. The maximum absolute atomic E-state index is 13.1. The van der Waals surface area contributed by atoms with Gasteiger partial charge in [0.1, 0.15) is 5.75 Å². The molecule has 0 radical (unpaired) electrons. The summed E-state index contributed by atoms with van der Waals surface area (Å²) < 4.78 is 39.4. The molecule has 34 heavy (non-hydrogen) atoms. The van der Waals surface area contributed by atoms with Crippen molar-refractivity contribution in [2.45, 2.75) is 38.6 Å². The number of sulfonamides is 1. The van der Waals surface area contributed by atoms with Gasteiger partial charge in [-0.2, -0.15) is 4.98 Å². The van der Waals surface area contributed by atoms with Crippen molar-refractivity contribution in [1.29, 1.82) is 0 Å². The fourth-order valence-corrected chi connectivity index (χ4v) is 4.77. The molecular weight excluding hydrogens is 462 g/mol. The zero-order valence-corrected chi connectivity index (χ0v) is 19.6. The molecule has 0 saturated carbocycles. The third-order valence-corrected chi connectivity index (χ3v) is 6.58. The van der Waals surface area contributed by atoms with Crippen LogP contribution < -0.4 is 19.7 Å². The highest BCUT2D eigenvalue weighted by atomic mass is 32.2. The average Bonchev–Trinajstić information content (AvgIpc) is 3.24. The monoisotopic (exact) mass is 485 g/mol. The molecule has 0 bridgehead atoms. The minimum Gasteiger partial charge on any atom is -0.482 e. The summed E-state index contributed by atoms with van der Waals surface area (Å²) in [6.45, 7) is 4.73. The van der Waals surface area contributed by atoms with Gasteiger partial charge < -0.3 is 14.6 Å². The second-order valence-corrected chi connectivity index (χ2v) is 9.33. The van der Waals surface area contributed by atoms with Crippen LogP contribution in [0.3, 0.4) is 0 Å². The standard InChI is InChI=1S/C22H23N5O6S/c1-4-21-24-20(25-33-21)11-27-17-9-13(2)19(10-18(17)32-12-22(27)29)34(30,31)26-16-7-5-15(6-8-16)23-14(3)28/h5-10,26H,4,11-12H2,1-3H3,(H,23,28). The van der Waals surface area contributed by atoms with E-state index in [1.165, 1.54) is 17.9 Å². The van der Waals surface area contributed by atoms with Crippen LogP contribution in [0.5, 0.6) is 5.75 Å². The van der Waals surface area contributed by atoms with Crippen molar-refractivity contribution < 1.29 is 27.3 Å². The van der Waals surface area contributed by atoms with Crippen molar-refractivity contribution in [3.63, 3.8) is 0 Å². The Morgan fingerprint density at radius 2 is 1.88 bits per heavy atom. The summed E-state index contributed by atoms with van der Waals surface area (Å²) >= 11 is 0. The van der Waals surface area contributed by atoms with E-state index in [1.54, 1.807) is 37.3 Å². The van der Waals surface area contributed by atoms with Crippen molar-refractivity contribution in [2.24, 2.45) is 0 Å². The van der Waals surface area contributed by atoms with Crippen LogP contribution in [0.15, 0.2) is 45.8 Å². The van der Waals surface area contributed by atoms with Gasteiger partial charge in [-0.1, -0.05) is 12.1 Å². The number of hydrogen-bond acceptors (Lipinski definition) is 8. The summed E-state index contributed by atoms with van der Waals surface area (Å²) in [5, 5.41) is 6.51. The molecule has 12 heteroatoms. The molecule has 0 aliphatic carbocycles. The quantitative estimate of drug-likeness (QED) is 0.520. The molecule has 2 heterocycles. The highest BCUT2D eigenvalue weighted by Gasteiger charge is 2.30. The first-order valence-electron chi connectivity index (χ1n) is 10.5. The zero-order chi connectivity index (χ0) is 24.5. The molecule has 2 N–H and O–H groups in total. The van der Waals surface area contributed by atoms with Crippen LogP contribution in [0, 0.1) is 6.92 Å². The zero-order valence-electron chi connectivity index (χ0n) is 18.8. The maximum atomic E-state index is 13.1. The Hall–Kier alpha value is -3.93. The van der Waals surface area contributed by atoms with Gasteiger partial charge in [0.05, 0.1) is 17.1 Å². The second kappa shape index (κ2) is 9.14. The van der Waals surface area contributed by atoms with Crippen molar-refractivity contribution in [3.8, 4) is 5.75 Å². The van der Waals surface area contributed by atoms with Crippen LogP contribution in [-0.4, -0.2) is 37.0 Å². The summed E-state index contributed by atoms with van der Waals surface area (Å²) in [6.07, 6.45) is 0.573. The predicted octanol–water partition coefficient (Wildman–Crippen LogP) is 2.63. The fraction of sp³-hybridized carbons (Fsp3) is 0.273. The molecule has 11 nitrogen and oxygen atoms in total. The summed E-state index contributed by atoms with van der Waals surface area (Å²) in [5.74, 6) is 0.533. The number of carbonyl (C=O) groups excluding carboxylic acids is 2. The second-order valence-electron chi connectivity index (χ2n) is 7.68. The lowest BCUT2D eigenvalue weighted by molar-refractivity contribution is -0.121. The Bertz CT molecular complexity index is 1350. The average molecular weight is 486 g/mol. The highest BCUT2D eigenvalue weighted by molar-refractivity contribution is 7.92. The number of hydrogen-bond donors (Lipinski definition) is 2. The summed E-state index contributed by atoms with van der Waals surface area (Å²) in [6, 6.07) is 9.25. The molecular formula is C22H23N5O6S. The Morgan fingerprint density at radius 1 is 1.18 bits per heavy atom. The molecule has 4 rings (SSSR count). The molecule has 178 valence electrons. The minimum absolute atomic E-state index is 0.0133. The van der Waals surface area contributed by atoms with Crippen molar-refractivity contribution in [1.82, 2.24) is 10.1 Å². The van der Waals surface area contributed by atoms with E-state index in [0.29, 0.717) is 40.8 Å². The lowest BCUT2D eigenvalue weighted by atomic mass is 10.1. The molecule has 3 aromatic rings. The number of benzene rings is 2. The number of aryl methyl sites for hydroxylation is 2. The van der Waals surface area contributed by atoms with E-state index >= 15 is 0 Å². The molecule has 0 fully saturated rings. The summed E-state index contributed by atoms with van der Waals surface area (Å²) in [5.41, 5.74) is 1.72. The minimum atomic E-state index is -3.96. The van der Waals surface area contributed by atoms with Gasteiger partial charge in [-0.25, -0.2) is 8.42 Å². The molecule has 0 atom stereocenters. The molecule has 1 aromatic heterocycles. The number of carbonyl (C=O) groups is 2. The Balaban J connectivity index is 1.60. The first-order chi connectivity index (χ1) is 16.2. The molecule has 1 aliphatic rings. The number of anilines is 3. The number of ether oxygens (including phenoxy) is 1. The van der Waals surface area contributed by atoms with Crippen molar-refractivity contribution >= 4 is 38.9 Å². The third-order valence-electron chi connectivity index (χ3n) is 5.06. The van der Waals surface area contributed by atoms with E-state index in [0.717, 1.165) is 0 Å². The van der Waals surface area contributed by atoms with E-state index in [9.17, 15) is 18.0 Å². The number of aromatic nitrogens is 2. The number of nitrogens with zero attached hydrogens (tertiary/aromatic N) is 3. The first-order valence-corrected chi connectivity index (χ1v) is 11.9. The van der Waals surface area contributed by atoms with E-state index < -0.39 is 10.0 Å². The summed E-state index contributed by atoms with van der Waals surface area (Å²) in [4.78, 5) is 29.4. The SMILES string of the molecule is CCc1nc(CN2C(=O)COc3cc(S(=O)(=O)Nc4ccc(NC(C)=O)cc4)c(C)cc32)no1. The van der Waals surface area contributed by atoms with E-state index in [1.807, 2.05) is 6.92 Å². The van der Waals surface area contributed by atoms with E-state index in [-0.39, 0.29) is 35.6 Å². The number of nitrogens with one attached hydrogen (secondary N) is 2. The lowest BCUT2D eigenvalue weighted by Crippen LogP contribution is -2.38. The largest absolute Gasteiger partial charge is 0.482 e. The molecule has 2 amide bonds. The predicted molar refractivity (Wildman–Crippen MR) is 123 cm³/mol. The van der Waals surface area contributed by atoms with Crippen molar-refractivity contribution in [3.05, 3.63) is 53.7 Å². The third kappa shape index (κ3) is 4.86. The first kappa shape index (κ1) is 23.2. The van der Waals surface area contributed by atoms with Gasteiger partial charge in [-0.05, 0) is 42.8 Å². The van der Waals surface area contributed by atoms with Gasteiger partial charge in [-0.3, -0.25) is 19.2 Å². The molecule has 2 aromatic carbocycles. The molecule has 0 unspecified atom stereocenters. The van der Waals surface area contributed by atoms with Gasteiger partial charge in [0, 0.05) is 30.8 Å². The van der Waals surface area contributed by atoms with Crippen LogP contribution in [0.25, 0.3) is 0 Å². The maximum Gasteiger partial charge on any atom is 0.265 e. The van der Waals surface area contributed by atoms with Crippen LogP contribution in [-0.2, 0) is 32.6 Å². The van der Waals surface area contributed by atoms with E-state index in [4.69, 9.17) is 9.26 Å². The smallest absolute Gasteiger partial charge is 0.265 e. The fourth-order valence-electron chi connectivity index (χ4n) is 3.47. The van der Waals surface area contributed by atoms with Gasteiger partial charge in [0.25, 0.3) is 15.9 Å².